The van der Waals surface area contributed by atoms with Crippen LogP contribution in [0.5, 0.6) is 0 Å². The monoisotopic (exact) mass is 206 g/mol. The van der Waals surface area contributed by atoms with Gasteiger partial charge in [0.2, 0.25) is 0 Å². The van der Waals surface area contributed by atoms with Gasteiger partial charge in [-0.1, -0.05) is 0 Å². The maximum absolute atomic E-state index is 5.57. The van der Waals surface area contributed by atoms with Crippen LogP contribution in [0.1, 0.15) is 30.1 Å². The van der Waals surface area contributed by atoms with Crippen LogP contribution >= 0.6 is 0 Å². The number of hydrogen-bond acceptors (Lipinski definition) is 4. The average Bonchev–Trinajstić information content (AvgIpc) is 2.29. The summed E-state index contributed by atoms with van der Waals surface area (Å²) in [5, 5.41) is 0. The van der Waals surface area contributed by atoms with E-state index in [1.165, 1.54) is 19.4 Å². The summed E-state index contributed by atoms with van der Waals surface area (Å²) in [5.74, 6) is 0.553. The average molecular weight is 206 g/mol. The van der Waals surface area contributed by atoms with Gasteiger partial charge in [0.15, 0.2) is 0 Å². The summed E-state index contributed by atoms with van der Waals surface area (Å²) in [6.07, 6.45) is 4.11. The van der Waals surface area contributed by atoms with Crippen molar-refractivity contribution in [3.63, 3.8) is 0 Å². The van der Waals surface area contributed by atoms with Gasteiger partial charge < -0.3 is 10.6 Å². The van der Waals surface area contributed by atoms with Crippen LogP contribution in [0.3, 0.4) is 0 Å². The van der Waals surface area contributed by atoms with Crippen LogP contribution in [0.25, 0.3) is 0 Å². The Morgan fingerprint density at radius 1 is 1.53 bits per heavy atom. The first-order valence-electron chi connectivity index (χ1n) is 5.49. The molecule has 1 aromatic heterocycles. The number of hydrogen-bond donors (Lipinski definition) is 1. The lowest BCUT2D eigenvalue weighted by atomic mass is 9.94. The maximum atomic E-state index is 5.57. The van der Waals surface area contributed by atoms with E-state index < -0.39 is 0 Å². The van der Waals surface area contributed by atoms with Crippen molar-refractivity contribution in [1.29, 1.82) is 0 Å². The van der Waals surface area contributed by atoms with E-state index in [1.807, 2.05) is 6.07 Å². The third-order valence-corrected chi connectivity index (χ3v) is 3.00. The van der Waals surface area contributed by atoms with Gasteiger partial charge in [-0.15, -0.1) is 0 Å². The first-order valence-corrected chi connectivity index (χ1v) is 5.49. The number of nitrogens with zero attached hydrogens (tertiary/aromatic N) is 3. The first kappa shape index (κ1) is 10.5. The van der Waals surface area contributed by atoms with Gasteiger partial charge >= 0.3 is 0 Å². The van der Waals surface area contributed by atoms with E-state index >= 15 is 0 Å². The molecule has 0 bridgehead atoms. The molecule has 1 fully saturated rings. The lowest BCUT2D eigenvalue weighted by Gasteiger charge is -2.29. The second-order valence-electron chi connectivity index (χ2n) is 4.24. The highest BCUT2D eigenvalue weighted by atomic mass is 15.1. The molecule has 0 spiro atoms. The predicted octanol–water partition coefficient (Wildman–Crippen LogP) is 0.744. The summed E-state index contributed by atoms with van der Waals surface area (Å²) in [4.78, 5) is 10.8. The Bertz CT molecular complexity index is 326. The third-order valence-electron chi connectivity index (χ3n) is 3.00. The number of likely N-dealkylation sites (N-methyl/N-ethyl adjacent to an activating group) is 1. The summed E-state index contributed by atoms with van der Waals surface area (Å²) in [5.41, 5.74) is 7.66. The fourth-order valence-electron chi connectivity index (χ4n) is 2.16. The standard InChI is InChI=1S/C11H18N4/c1-15-4-2-3-9(7-15)11-5-10(6-12)13-8-14-11/h5,8-9H,2-4,6-7,12H2,1H3. The normalized spacial score (nSPS) is 22.9. The van der Waals surface area contributed by atoms with Crippen molar-refractivity contribution < 1.29 is 0 Å². The highest BCUT2D eigenvalue weighted by molar-refractivity contribution is 5.13. The molecule has 2 heterocycles. The molecule has 4 heteroatoms. The maximum Gasteiger partial charge on any atom is 0.115 e. The molecule has 4 nitrogen and oxygen atoms in total. The minimum Gasteiger partial charge on any atom is -0.325 e. The van der Waals surface area contributed by atoms with Gasteiger partial charge in [-0.3, -0.25) is 0 Å². The van der Waals surface area contributed by atoms with Crippen LogP contribution in [0.15, 0.2) is 12.4 Å². The van der Waals surface area contributed by atoms with Crippen molar-refractivity contribution in [2.75, 3.05) is 20.1 Å². The van der Waals surface area contributed by atoms with Gasteiger partial charge in [-0.25, -0.2) is 9.97 Å². The van der Waals surface area contributed by atoms with E-state index in [0.29, 0.717) is 12.5 Å². The Labute approximate surface area is 90.5 Å². The van der Waals surface area contributed by atoms with Gasteiger partial charge in [0.1, 0.15) is 6.33 Å². The van der Waals surface area contributed by atoms with Gasteiger partial charge in [-0.05, 0) is 32.5 Å². The van der Waals surface area contributed by atoms with Crippen LogP contribution in [0.4, 0.5) is 0 Å². The summed E-state index contributed by atoms with van der Waals surface area (Å²) < 4.78 is 0. The molecule has 0 amide bonds. The third kappa shape index (κ3) is 2.52. The second kappa shape index (κ2) is 4.68. The molecule has 1 atom stereocenters. The Hall–Kier alpha value is -1.00. The molecule has 0 radical (unpaired) electrons. The molecular formula is C11H18N4. The molecule has 1 unspecified atom stereocenters. The van der Waals surface area contributed by atoms with Crippen LogP contribution in [-0.2, 0) is 6.54 Å². The first-order chi connectivity index (χ1) is 7.29. The summed E-state index contributed by atoms with van der Waals surface area (Å²) in [7, 11) is 2.16. The molecule has 1 aromatic rings. The van der Waals surface area contributed by atoms with Crippen molar-refractivity contribution in [1.82, 2.24) is 14.9 Å². The van der Waals surface area contributed by atoms with E-state index in [9.17, 15) is 0 Å². The molecule has 2 rings (SSSR count). The smallest absolute Gasteiger partial charge is 0.115 e. The van der Waals surface area contributed by atoms with Crippen molar-refractivity contribution in [3.05, 3.63) is 23.8 Å². The lowest BCUT2D eigenvalue weighted by Crippen LogP contribution is -2.31. The Morgan fingerprint density at radius 2 is 2.40 bits per heavy atom. The van der Waals surface area contributed by atoms with Crippen molar-refractivity contribution in [3.8, 4) is 0 Å². The molecule has 0 aliphatic carbocycles. The van der Waals surface area contributed by atoms with Crippen molar-refractivity contribution in [2.45, 2.75) is 25.3 Å². The molecule has 1 aliphatic rings. The highest BCUT2D eigenvalue weighted by Gasteiger charge is 2.20. The lowest BCUT2D eigenvalue weighted by molar-refractivity contribution is 0.248. The van der Waals surface area contributed by atoms with Crippen molar-refractivity contribution >= 4 is 0 Å². The quantitative estimate of drug-likeness (QED) is 0.775. The topological polar surface area (TPSA) is 55.0 Å². The Kier molecular flexibility index (Phi) is 3.28. The van der Waals surface area contributed by atoms with Gasteiger partial charge in [0, 0.05) is 24.7 Å². The zero-order valence-electron chi connectivity index (χ0n) is 9.19. The van der Waals surface area contributed by atoms with Crippen LogP contribution in [0.2, 0.25) is 0 Å². The number of piperidine rings is 1. The predicted molar refractivity (Wildman–Crippen MR) is 59.4 cm³/mol. The van der Waals surface area contributed by atoms with Gasteiger partial charge in [-0.2, -0.15) is 0 Å². The molecule has 1 saturated heterocycles. The molecule has 15 heavy (non-hydrogen) atoms. The number of aromatic nitrogens is 2. The fourth-order valence-corrected chi connectivity index (χ4v) is 2.16. The van der Waals surface area contributed by atoms with E-state index in [2.05, 4.69) is 21.9 Å². The second-order valence-corrected chi connectivity index (χ2v) is 4.24. The van der Waals surface area contributed by atoms with E-state index in [4.69, 9.17) is 5.73 Å². The highest BCUT2D eigenvalue weighted by Crippen LogP contribution is 2.24. The van der Waals surface area contributed by atoms with Crippen molar-refractivity contribution in [2.24, 2.45) is 5.73 Å². The summed E-state index contributed by atoms with van der Waals surface area (Å²) >= 11 is 0. The Morgan fingerprint density at radius 3 is 3.13 bits per heavy atom. The fraction of sp³-hybridized carbons (Fsp3) is 0.636. The number of nitrogens with two attached hydrogens (primary N) is 1. The van der Waals surface area contributed by atoms with Crippen LogP contribution in [-0.4, -0.2) is 35.0 Å². The van der Waals surface area contributed by atoms with Gasteiger partial charge in [0.05, 0.1) is 5.69 Å². The van der Waals surface area contributed by atoms with Gasteiger partial charge in [0.25, 0.3) is 0 Å². The molecule has 0 aromatic carbocycles. The van der Waals surface area contributed by atoms with E-state index in [0.717, 1.165) is 17.9 Å². The summed E-state index contributed by atoms with van der Waals surface area (Å²) in [6, 6.07) is 2.05. The largest absolute Gasteiger partial charge is 0.325 e. The molecule has 82 valence electrons. The molecular weight excluding hydrogens is 188 g/mol. The number of rotatable bonds is 2. The molecule has 0 saturated carbocycles. The summed E-state index contributed by atoms with van der Waals surface area (Å²) in [6.45, 7) is 2.80. The van der Waals surface area contributed by atoms with E-state index in [-0.39, 0.29) is 0 Å². The zero-order valence-corrected chi connectivity index (χ0v) is 9.19. The zero-order chi connectivity index (χ0) is 10.7. The molecule has 2 N–H and O–H groups in total. The SMILES string of the molecule is CN1CCCC(c2cc(CN)ncn2)C1. The number of likely N-dealkylation sites (tertiary alicyclic amines) is 1. The Balaban J connectivity index is 2.13. The minimum absolute atomic E-state index is 0.498. The van der Waals surface area contributed by atoms with Crippen LogP contribution < -0.4 is 5.73 Å². The van der Waals surface area contributed by atoms with E-state index in [1.54, 1.807) is 6.33 Å². The molecule has 1 aliphatic heterocycles. The minimum atomic E-state index is 0.498. The van der Waals surface area contributed by atoms with Crippen LogP contribution in [0, 0.1) is 0 Å².